The Kier molecular flexibility index (Phi) is 4.39. The van der Waals surface area contributed by atoms with Crippen molar-refractivity contribution in [1.82, 2.24) is 0 Å². The maximum absolute atomic E-state index is 13.6. The number of hydrogen-bond acceptors (Lipinski definition) is 3. The highest BCUT2D eigenvalue weighted by atomic mass is 35.5. The van der Waals surface area contributed by atoms with Crippen LogP contribution in [0.15, 0.2) is 41.3 Å². The van der Waals surface area contributed by atoms with E-state index in [1.54, 1.807) is 19.1 Å². The van der Waals surface area contributed by atoms with Gasteiger partial charge in [0.2, 0.25) is 0 Å². The van der Waals surface area contributed by atoms with Gasteiger partial charge < -0.3 is 5.11 Å². The molecular formula is C14H11ClFNO4S. The largest absolute Gasteiger partial charge is 0.478 e. The predicted octanol–water partition coefficient (Wildman–Crippen LogP) is 3.29. The van der Waals surface area contributed by atoms with Crippen LogP contribution in [0, 0.1) is 12.7 Å². The molecule has 0 aromatic heterocycles. The molecule has 0 radical (unpaired) electrons. The molecule has 0 unspecified atom stereocenters. The first kappa shape index (κ1) is 16.3. The van der Waals surface area contributed by atoms with Crippen molar-refractivity contribution in [1.29, 1.82) is 0 Å². The zero-order valence-electron chi connectivity index (χ0n) is 11.3. The first-order valence-corrected chi connectivity index (χ1v) is 7.89. The van der Waals surface area contributed by atoms with Crippen LogP contribution in [0.3, 0.4) is 0 Å². The molecule has 0 aliphatic rings. The van der Waals surface area contributed by atoms with Crippen molar-refractivity contribution in [3.63, 3.8) is 0 Å². The van der Waals surface area contributed by atoms with Gasteiger partial charge >= 0.3 is 5.97 Å². The third-order valence-corrected chi connectivity index (χ3v) is 4.78. The Hall–Kier alpha value is -2.12. The lowest BCUT2D eigenvalue weighted by molar-refractivity contribution is 0.0691. The molecule has 2 rings (SSSR count). The molecule has 8 heteroatoms. The zero-order valence-corrected chi connectivity index (χ0v) is 12.9. The minimum absolute atomic E-state index is 0.157. The molecule has 0 saturated carbocycles. The molecule has 0 spiro atoms. The standard InChI is InChI=1S/C14H11ClFNO4S/c1-8-3-2-4-12(13(8)15)17-22(20,21)9-5-6-10(14(18)19)11(16)7-9/h2-7,17H,1H3,(H,18,19). The number of hydrogen-bond donors (Lipinski definition) is 2. The van der Waals surface area contributed by atoms with Crippen molar-refractivity contribution in [3.05, 3.63) is 58.4 Å². The Morgan fingerprint density at radius 2 is 1.95 bits per heavy atom. The number of anilines is 1. The van der Waals surface area contributed by atoms with E-state index >= 15 is 0 Å². The summed E-state index contributed by atoms with van der Waals surface area (Å²) in [6.45, 7) is 1.71. The first-order chi connectivity index (χ1) is 10.2. The van der Waals surface area contributed by atoms with E-state index < -0.39 is 32.3 Å². The molecule has 22 heavy (non-hydrogen) atoms. The summed E-state index contributed by atoms with van der Waals surface area (Å²) in [5, 5.41) is 8.97. The zero-order chi connectivity index (χ0) is 16.5. The minimum Gasteiger partial charge on any atom is -0.478 e. The monoisotopic (exact) mass is 343 g/mol. The summed E-state index contributed by atoms with van der Waals surface area (Å²) in [5.74, 6) is -2.61. The van der Waals surface area contributed by atoms with Crippen LogP contribution < -0.4 is 4.72 Å². The van der Waals surface area contributed by atoms with Gasteiger partial charge in [0.25, 0.3) is 10.0 Å². The molecule has 2 aromatic carbocycles. The smallest absolute Gasteiger partial charge is 0.338 e. The minimum atomic E-state index is -4.08. The molecule has 0 fully saturated rings. The summed E-state index contributed by atoms with van der Waals surface area (Å²) in [6, 6.07) is 7.35. The maximum atomic E-state index is 13.6. The first-order valence-electron chi connectivity index (χ1n) is 6.03. The average Bonchev–Trinajstić information content (AvgIpc) is 2.43. The number of aryl methyl sites for hydroxylation is 1. The van der Waals surface area contributed by atoms with Crippen LogP contribution in [0.1, 0.15) is 15.9 Å². The number of carboxylic acid groups (broad SMARTS) is 1. The molecule has 0 amide bonds. The van der Waals surface area contributed by atoms with Gasteiger partial charge in [-0.25, -0.2) is 17.6 Å². The number of carbonyl (C=O) groups is 1. The number of carboxylic acids is 1. The van der Waals surface area contributed by atoms with E-state index in [1.165, 1.54) is 6.07 Å². The molecule has 0 heterocycles. The molecule has 0 saturated heterocycles. The van der Waals surface area contributed by atoms with Crippen LogP contribution in [-0.4, -0.2) is 19.5 Å². The van der Waals surface area contributed by atoms with E-state index in [4.69, 9.17) is 16.7 Å². The molecule has 2 N–H and O–H groups in total. The van der Waals surface area contributed by atoms with E-state index in [1.807, 2.05) is 0 Å². The Morgan fingerprint density at radius 1 is 1.27 bits per heavy atom. The number of aromatic carboxylic acids is 1. The van der Waals surface area contributed by atoms with Gasteiger partial charge in [0.1, 0.15) is 5.82 Å². The lowest BCUT2D eigenvalue weighted by Crippen LogP contribution is -2.14. The highest BCUT2D eigenvalue weighted by Gasteiger charge is 2.19. The number of nitrogens with one attached hydrogen (secondary N) is 1. The molecule has 0 aliphatic heterocycles. The second-order valence-electron chi connectivity index (χ2n) is 4.49. The fraction of sp³-hybridized carbons (Fsp3) is 0.0714. The highest BCUT2D eigenvalue weighted by molar-refractivity contribution is 7.92. The van der Waals surface area contributed by atoms with Crippen LogP contribution in [0.4, 0.5) is 10.1 Å². The fourth-order valence-corrected chi connectivity index (χ4v) is 3.08. The molecule has 0 atom stereocenters. The topological polar surface area (TPSA) is 83.5 Å². The van der Waals surface area contributed by atoms with Gasteiger partial charge in [-0.2, -0.15) is 0 Å². The lowest BCUT2D eigenvalue weighted by atomic mass is 10.2. The Bertz CT molecular complexity index is 852. The van der Waals surface area contributed by atoms with Crippen LogP contribution in [0.25, 0.3) is 0 Å². The summed E-state index contributed by atoms with van der Waals surface area (Å²) < 4.78 is 40.3. The predicted molar refractivity (Wildman–Crippen MR) is 80.4 cm³/mol. The summed E-state index contributed by atoms with van der Waals surface area (Å²) >= 11 is 6.01. The van der Waals surface area contributed by atoms with Gasteiger partial charge in [0.05, 0.1) is 21.2 Å². The second-order valence-corrected chi connectivity index (χ2v) is 6.55. The third kappa shape index (κ3) is 3.20. The summed E-state index contributed by atoms with van der Waals surface area (Å²) in [7, 11) is -4.08. The van der Waals surface area contributed by atoms with Crippen molar-refractivity contribution >= 4 is 33.3 Å². The van der Waals surface area contributed by atoms with Gasteiger partial charge in [-0.15, -0.1) is 0 Å². The SMILES string of the molecule is Cc1cccc(NS(=O)(=O)c2ccc(C(=O)O)c(F)c2)c1Cl. The third-order valence-electron chi connectivity index (χ3n) is 2.92. The molecule has 116 valence electrons. The van der Waals surface area contributed by atoms with Crippen molar-refractivity contribution in [2.24, 2.45) is 0 Å². The molecule has 2 aromatic rings. The quantitative estimate of drug-likeness (QED) is 0.892. The van der Waals surface area contributed by atoms with Crippen molar-refractivity contribution in [2.45, 2.75) is 11.8 Å². The van der Waals surface area contributed by atoms with E-state index in [-0.39, 0.29) is 10.7 Å². The van der Waals surface area contributed by atoms with Gasteiger partial charge in [-0.3, -0.25) is 4.72 Å². The Labute approximate surface area is 131 Å². The van der Waals surface area contributed by atoms with E-state index in [0.717, 1.165) is 12.1 Å². The van der Waals surface area contributed by atoms with Crippen LogP contribution in [0.5, 0.6) is 0 Å². The fourth-order valence-electron chi connectivity index (χ4n) is 1.77. The molecule has 5 nitrogen and oxygen atoms in total. The summed E-state index contributed by atoms with van der Waals surface area (Å²) in [5.41, 5.74) is 0.228. The van der Waals surface area contributed by atoms with Crippen LogP contribution in [-0.2, 0) is 10.0 Å². The van der Waals surface area contributed by atoms with E-state index in [9.17, 15) is 17.6 Å². The normalized spacial score (nSPS) is 11.2. The van der Waals surface area contributed by atoms with Gasteiger partial charge in [0, 0.05) is 0 Å². The summed E-state index contributed by atoms with van der Waals surface area (Å²) in [6.07, 6.45) is 0. The van der Waals surface area contributed by atoms with E-state index in [0.29, 0.717) is 11.6 Å². The lowest BCUT2D eigenvalue weighted by Gasteiger charge is -2.11. The maximum Gasteiger partial charge on any atom is 0.338 e. The Balaban J connectivity index is 2.41. The molecule has 0 aliphatic carbocycles. The van der Waals surface area contributed by atoms with Crippen molar-refractivity contribution < 1.29 is 22.7 Å². The second kappa shape index (κ2) is 5.94. The van der Waals surface area contributed by atoms with Crippen molar-refractivity contribution in [2.75, 3.05) is 4.72 Å². The summed E-state index contributed by atoms with van der Waals surface area (Å²) in [4.78, 5) is 10.3. The van der Waals surface area contributed by atoms with Crippen molar-refractivity contribution in [3.8, 4) is 0 Å². The van der Waals surface area contributed by atoms with Crippen LogP contribution in [0.2, 0.25) is 5.02 Å². The van der Waals surface area contributed by atoms with Gasteiger partial charge in [-0.05, 0) is 36.8 Å². The van der Waals surface area contributed by atoms with Gasteiger partial charge in [-0.1, -0.05) is 23.7 Å². The molecular weight excluding hydrogens is 333 g/mol. The highest BCUT2D eigenvalue weighted by Crippen LogP contribution is 2.27. The number of sulfonamides is 1. The number of halogens is 2. The number of rotatable bonds is 4. The molecule has 0 bridgehead atoms. The van der Waals surface area contributed by atoms with Gasteiger partial charge in [0.15, 0.2) is 0 Å². The van der Waals surface area contributed by atoms with Crippen LogP contribution >= 0.6 is 11.6 Å². The van der Waals surface area contributed by atoms with E-state index in [2.05, 4.69) is 4.72 Å². The number of benzene rings is 2. The Morgan fingerprint density at radius 3 is 2.55 bits per heavy atom. The average molecular weight is 344 g/mol.